The molecule has 2 N–H and O–H groups in total. The molecule has 1 aliphatic heterocycles. The molecule has 0 bridgehead atoms. The van der Waals surface area contributed by atoms with E-state index in [0.29, 0.717) is 32.4 Å². The molecule has 2 heterocycles. The summed E-state index contributed by atoms with van der Waals surface area (Å²) in [5.74, 6) is -1.01. The molecular formula is C13H19N3O3. The molecule has 1 saturated heterocycles. The Morgan fingerprint density at radius 2 is 2.00 bits per heavy atom. The molecule has 6 nitrogen and oxygen atoms in total. The van der Waals surface area contributed by atoms with Gasteiger partial charge in [0, 0.05) is 24.3 Å². The SMILES string of the molecule is Cc1n[nH]c(C)c1CC(=O)N1CCC(C(=O)O)CC1. The molecule has 0 radical (unpaired) electrons. The maximum Gasteiger partial charge on any atom is 0.306 e. The third-order valence-corrected chi connectivity index (χ3v) is 3.81. The highest BCUT2D eigenvalue weighted by Gasteiger charge is 2.27. The van der Waals surface area contributed by atoms with Crippen LogP contribution in [0.4, 0.5) is 0 Å². The number of rotatable bonds is 3. The standard InChI is InChI=1S/C13H19N3O3/c1-8-11(9(2)15-14-8)7-12(17)16-5-3-10(4-6-16)13(18)19/h10H,3-7H2,1-2H3,(H,14,15)(H,18,19). The van der Waals surface area contributed by atoms with E-state index in [1.807, 2.05) is 13.8 Å². The van der Waals surface area contributed by atoms with E-state index in [0.717, 1.165) is 17.0 Å². The van der Waals surface area contributed by atoms with Crippen molar-refractivity contribution < 1.29 is 14.7 Å². The van der Waals surface area contributed by atoms with E-state index >= 15 is 0 Å². The largest absolute Gasteiger partial charge is 0.481 e. The van der Waals surface area contributed by atoms with E-state index in [1.54, 1.807) is 4.90 Å². The van der Waals surface area contributed by atoms with Crippen LogP contribution < -0.4 is 0 Å². The summed E-state index contributed by atoms with van der Waals surface area (Å²) in [4.78, 5) is 24.8. The zero-order valence-electron chi connectivity index (χ0n) is 11.3. The van der Waals surface area contributed by atoms with Crippen LogP contribution in [-0.4, -0.2) is 45.2 Å². The molecule has 6 heteroatoms. The highest BCUT2D eigenvalue weighted by molar-refractivity contribution is 5.79. The van der Waals surface area contributed by atoms with Crippen molar-refractivity contribution in [3.8, 4) is 0 Å². The fraction of sp³-hybridized carbons (Fsp3) is 0.615. The first-order chi connectivity index (χ1) is 8.99. The second-order valence-electron chi connectivity index (χ2n) is 5.08. The molecule has 0 atom stereocenters. The maximum atomic E-state index is 12.2. The number of aryl methyl sites for hydroxylation is 2. The summed E-state index contributed by atoms with van der Waals surface area (Å²) >= 11 is 0. The Morgan fingerprint density at radius 1 is 1.37 bits per heavy atom. The van der Waals surface area contributed by atoms with E-state index in [9.17, 15) is 9.59 Å². The van der Waals surface area contributed by atoms with Crippen LogP contribution in [0.2, 0.25) is 0 Å². The lowest BCUT2D eigenvalue weighted by molar-refractivity contribution is -0.145. The first-order valence-electron chi connectivity index (χ1n) is 6.50. The zero-order chi connectivity index (χ0) is 14.0. The minimum atomic E-state index is -0.756. The van der Waals surface area contributed by atoms with E-state index in [4.69, 9.17) is 5.11 Å². The normalized spacial score (nSPS) is 16.6. The quantitative estimate of drug-likeness (QED) is 0.850. The summed E-state index contributed by atoms with van der Waals surface area (Å²) in [5, 5.41) is 15.9. The number of carboxylic acid groups (broad SMARTS) is 1. The number of piperidine rings is 1. The van der Waals surface area contributed by atoms with Crippen LogP contribution in [0.15, 0.2) is 0 Å². The van der Waals surface area contributed by atoms with Gasteiger partial charge in [-0.15, -0.1) is 0 Å². The van der Waals surface area contributed by atoms with Crippen molar-refractivity contribution in [1.29, 1.82) is 0 Å². The summed E-state index contributed by atoms with van der Waals surface area (Å²) in [6.45, 7) is 4.85. The molecule has 104 valence electrons. The minimum absolute atomic E-state index is 0.0523. The molecule has 1 aromatic rings. The Morgan fingerprint density at radius 3 is 2.47 bits per heavy atom. The number of amides is 1. The number of hydrogen-bond donors (Lipinski definition) is 2. The van der Waals surface area contributed by atoms with Crippen LogP contribution in [0, 0.1) is 19.8 Å². The van der Waals surface area contributed by atoms with Crippen molar-refractivity contribution in [2.45, 2.75) is 33.1 Å². The van der Waals surface area contributed by atoms with Crippen LogP contribution in [0.1, 0.15) is 29.8 Å². The van der Waals surface area contributed by atoms with Crippen molar-refractivity contribution in [1.82, 2.24) is 15.1 Å². The summed E-state index contributed by atoms with van der Waals surface area (Å²) in [7, 11) is 0. The lowest BCUT2D eigenvalue weighted by Crippen LogP contribution is -2.41. The van der Waals surface area contributed by atoms with Gasteiger partial charge < -0.3 is 10.0 Å². The van der Waals surface area contributed by atoms with Gasteiger partial charge in [-0.2, -0.15) is 5.10 Å². The average Bonchev–Trinajstić information content (AvgIpc) is 2.70. The highest BCUT2D eigenvalue weighted by atomic mass is 16.4. The van der Waals surface area contributed by atoms with Gasteiger partial charge in [0.05, 0.1) is 18.0 Å². The van der Waals surface area contributed by atoms with Crippen molar-refractivity contribution in [3.05, 3.63) is 17.0 Å². The number of aromatic nitrogens is 2. The fourth-order valence-electron chi connectivity index (χ4n) is 2.47. The third-order valence-electron chi connectivity index (χ3n) is 3.81. The number of H-pyrrole nitrogens is 1. The molecule has 0 aliphatic carbocycles. The molecule has 1 fully saturated rings. The van der Waals surface area contributed by atoms with Gasteiger partial charge >= 0.3 is 5.97 Å². The molecule has 0 saturated carbocycles. The Labute approximate surface area is 111 Å². The first-order valence-corrected chi connectivity index (χ1v) is 6.50. The number of carbonyl (C=O) groups excluding carboxylic acids is 1. The Hall–Kier alpha value is -1.85. The van der Waals surface area contributed by atoms with Crippen LogP contribution in [0.3, 0.4) is 0 Å². The van der Waals surface area contributed by atoms with Crippen molar-refractivity contribution in [3.63, 3.8) is 0 Å². The van der Waals surface area contributed by atoms with E-state index < -0.39 is 5.97 Å². The van der Waals surface area contributed by atoms with Crippen molar-refractivity contribution in [2.24, 2.45) is 5.92 Å². The Kier molecular flexibility index (Phi) is 3.87. The van der Waals surface area contributed by atoms with E-state index in [2.05, 4.69) is 10.2 Å². The van der Waals surface area contributed by atoms with Crippen LogP contribution in [0.25, 0.3) is 0 Å². The number of nitrogens with one attached hydrogen (secondary N) is 1. The molecule has 1 amide bonds. The topological polar surface area (TPSA) is 86.3 Å². The smallest absolute Gasteiger partial charge is 0.306 e. The summed E-state index contributed by atoms with van der Waals surface area (Å²) in [5.41, 5.74) is 2.72. The Balaban J connectivity index is 1.93. The summed E-state index contributed by atoms with van der Waals surface area (Å²) < 4.78 is 0. The number of nitrogens with zero attached hydrogens (tertiary/aromatic N) is 2. The maximum absolute atomic E-state index is 12.2. The molecule has 19 heavy (non-hydrogen) atoms. The van der Waals surface area contributed by atoms with Gasteiger partial charge in [-0.1, -0.05) is 0 Å². The molecule has 0 unspecified atom stereocenters. The third kappa shape index (κ3) is 2.94. The lowest BCUT2D eigenvalue weighted by Gasteiger charge is -2.30. The van der Waals surface area contributed by atoms with Gasteiger partial charge in [0.15, 0.2) is 0 Å². The average molecular weight is 265 g/mol. The molecule has 0 aromatic carbocycles. The van der Waals surface area contributed by atoms with Crippen LogP contribution in [0.5, 0.6) is 0 Å². The predicted molar refractivity (Wildman–Crippen MR) is 68.7 cm³/mol. The van der Waals surface area contributed by atoms with Crippen LogP contribution in [-0.2, 0) is 16.0 Å². The number of aliphatic carboxylic acids is 1. The van der Waals surface area contributed by atoms with E-state index in [-0.39, 0.29) is 11.8 Å². The molecule has 1 aliphatic rings. The highest BCUT2D eigenvalue weighted by Crippen LogP contribution is 2.19. The summed E-state index contributed by atoms with van der Waals surface area (Å²) in [6, 6.07) is 0. The van der Waals surface area contributed by atoms with Crippen molar-refractivity contribution >= 4 is 11.9 Å². The molecule has 2 rings (SSSR count). The van der Waals surface area contributed by atoms with Crippen molar-refractivity contribution in [2.75, 3.05) is 13.1 Å². The van der Waals surface area contributed by atoms with Gasteiger partial charge in [0.1, 0.15) is 0 Å². The second-order valence-corrected chi connectivity index (χ2v) is 5.08. The Bertz CT molecular complexity index is 468. The number of carbonyl (C=O) groups is 2. The fourth-order valence-corrected chi connectivity index (χ4v) is 2.47. The van der Waals surface area contributed by atoms with E-state index in [1.165, 1.54) is 0 Å². The van der Waals surface area contributed by atoms with Gasteiger partial charge in [-0.05, 0) is 26.7 Å². The second kappa shape index (κ2) is 5.42. The number of carboxylic acids is 1. The van der Waals surface area contributed by atoms with Gasteiger partial charge in [0.2, 0.25) is 5.91 Å². The number of likely N-dealkylation sites (tertiary alicyclic amines) is 1. The predicted octanol–water partition coefficient (Wildman–Crippen LogP) is 0.892. The van der Waals surface area contributed by atoms with Gasteiger partial charge in [0.25, 0.3) is 0 Å². The molecule has 1 aromatic heterocycles. The first kappa shape index (κ1) is 13.6. The monoisotopic (exact) mass is 265 g/mol. The van der Waals surface area contributed by atoms with Gasteiger partial charge in [-0.3, -0.25) is 14.7 Å². The minimum Gasteiger partial charge on any atom is -0.481 e. The molecule has 0 spiro atoms. The number of hydrogen-bond acceptors (Lipinski definition) is 3. The zero-order valence-corrected chi connectivity index (χ0v) is 11.3. The number of aromatic amines is 1. The molecular weight excluding hydrogens is 246 g/mol. The van der Waals surface area contributed by atoms with Crippen LogP contribution >= 0.6 is 0 Å². The van der Waals surface area contributed by atoms with Gasteiger partial charge in [-0.25, -0.2) is 0 Å². The lowest BCUT2D eigenvalue weighted by atomic mass is 9.96. The summed E-state index contributed by atoms with van der Waals surface area (Å²) in [6.07, 6.45) is 1.43.